The molecule has 0 atom stereocenters. The van der Waals surface area contributed by atoms with Crippen molar-refractivity contribution < 1.29 is 48.1 Å². The number of halogens is 2. The van der Waals surface area contributed by atoms with Crippen molar-refractivity contribution in [3.05, 3.63) is 82.9 Å². The Morgan fingerprint density at radius 3 is 1.25 bits per heavy atom. The van der Waals surface area contributed by atoms with Crippen LogP contribution in [0, 0.1) is 13.8 Å². The average molecular weight is 563 g/mol. The van der Waals surface area contributed by atoms with Crippen molar-refractivity contribution in [2.75, 3.05) is 0 Å². The van der Waals surface area contributed by atoms with Gasteiger partial charge in [0.1, 0.15) is 0 Å². The summed E-state index contributed by atoms with van der Waals surface area (Å²) in [6.07, 6.45) is 0. The van der Waals surface area contributed by atoms with E-state index in [4.69, 9.17) is 0 Å². The fourth-order valence-electron chi connectivity index (χ4n) is 3.83. The number of benzene rings is 2. The molecule has 0 aliphatic heterocycles. The van der Waals surface area contributed by atoms with Gasteiger partial charge in [0.25, 0.3) is 0 Å². The van der Waals surface area contributed by atoms with E-state index >= 15 is 0 Å². The Morgan fingerprint density at radius 2 is 0.969 bits per heavy atom. The second kappa shape index (κ2) is 14.6. The molecule has 0 saturated heterocycles. The molecule has 172 valence electrons. The van der Waals surface area contributed by atoms with E-state index in [9.17, 15) is 0 Å². The molecular weight excluding hydrogens is 527 g/mol. The van der Waals surface area contributed by atoms with E-state index in [2.05, 4.69) is 115 Å². The quantitative estimate of drug-likeness (QED) is 0.261. The zero-order valence-corrected chi connectivity index (χ0v) is 25.7. The molecule has 32 heavy (non-hydrogen) atoms. The summed E-state index contributed by atoms with van der Waals surface area (Å²) in [5, 5.41) is 5.67. The Bertz CT molecular complexity index is 1030. The number of hydrogen-bond acceptors (Lipinski definition) is 0. The van der Waals surface area contributed by atoms with Crippen LogP contribution in [0.3, 0.4) is 0 Å². The molecule has 0 fully saturated rings. The van der Waals surface area contributed by atoms with Crippen LogP contribution in [0.5, 0.6) is 0 Å². The van der Waals surface area contributed by atoms with Crippen LogP contribution in [-0.4, -0.2) is 5.43 Å². The van der Waals surface area contributed by atoms with E-state index < -0.39 is 0 Å². The van der Waals surface area contributed by atoms with Gasteiger partial charge in [-0.2, -0.15) is 24.3 Å². The van der Waals surface area contributed by atoms with Gasteiger partial charge in [0.2, 0.25) is 0 Å². The summed E-state index contributed by atoms with van der Waals surface area (Å²) in [4.78, 5) is 0. The normalized spacial score (nSPS) is 10.1. The molecule has 4 aromatic carbocycles. The smallest absolute Gasteiger partial charge is 0.0308 e. The molecule has 0 bridgehead atoms. The van der Waals surface area contributed by atoms with Crippen LogP contribution in [0.4, 0.5) is 0 Å². The Labute approximate surface area is 223 Å². The first-order valence-corrected chi connectivity index (χ1v) is 17.1. The van der Waals surface area contributed by atoms with Crippen molar-refractivity contribution in [1.82, 2.24) is 0 Å². The van der Waals surface area contributed by atoms with Gasteiger partial charge in [0.15, 0.2) is 0 Å². The molecule has 0 N–H and O–H groups in total. The third-order valence-corrected chi connectivity index (χ3v) is 5.37. The van der Waals surface area contributed by atoms with Gasteiger partial charge < -0.3 is 24.8 Å². The SMILES string of the molecule is C[Si](C)=[Zr+2].Cc1ccc(C(C)C)c2cc[cH-]c12.Cc1ccc(C(C)C)c2cc[cH-]c12.[Cl-].[Cl-]. The van der Waals surface area contributed by atoms with Crippen molar-refractivity contribution in [3.63, 3.8) is 0 Å². The summed E-state index contributed by atoms with van der Waals surface area (Å²) in [7, 11) is 0. The van der Waals surface area contributed by atoms with Gasteiger partial charge in [-0.1, -0.05) is 64.8 Å². The number of fused-ring (bicyclic) bond motifs is 2. The first-order chi connectivity index (χ1) is 14.1. The summed E-state index contributed by atoms with van der Waals surface area (Å²) >= 11 is 1.74. The Morgan fingerprint density at radius 1 is 0.656 bits per heavy atom. The Balaban J connectivity index is 0.000000490. The first-order valence-electron chi connectivity index (χ1n) is 10.9. The average Bonchev–Trinajstić information content (AvgIpc) is 3.32. The zero-order valence-electron chi connectivity index (χ0n) is 20.7. The molecule has 4 rings (SSSR count). The third-order valence-electron chi connectivity index (χ3n) is 5.37. The molecule has 0 heterocycles. The van der Waals surface area contributed by atoms with Gasteiger partial charge in [-0.15, -0.1) is 56.9 Å². The molecule has 0 saturated carbocycles. The summed E-state index contributed by atoms with van der Waals surface area (Å²) in [6, 6.07) is 22.1. The molecule has 0 nitrogen and oxygen atoms in total. The minimum absolute atomic E-state index is 0. The molecular formula is C28H36Cl2SiZr-2. The maximum absolute atomic E-state index is 2.31. The molecule has 0 radical (unpaired) electrons. The summed E-state index contributed by atoms with van der Waals surface area (Å²) in [5.74, 6) is 1.23. The maximum atomic E-state index is 2.31. The molecule has 4 aromatic rings. The fraction of sp³-hybridized carbons (Fsp3) is 0.357. The molecule has 0 amide bonds. The second-order valence-electron chi connectivity index (χ2n) is 8.96. The van der Waals surface area contributed by atoms with Crippen molar-refractivity contribution in [3.8, 4) is 0 Å². The maximum Gasteiger partial charge on any atom is -0.0308 e. The minimum Gasteiger partial charge on any atom is -1.00 e. The number of aryl methyl sites for hydroxylation is 2. The molecule has 0 spiro atoms. The minimum atomic E-state index is 0. The van der Waals surface area contributed by atoms with Crippen molar-refractivity contribution in [2.24, 2.45) is 0 Å². The Hall–Kier alpha value is -0.660. The van der Waals surface area contributed by atoms with Gasteiger partial charge in [0, 0.05) is 0 Å². The van der Waals surface area contributed by atoms with Crippen LogP contribution >= 0.6 is 0 Å². The molecule has 0 aromatic heterocycles. The van der Waals surface area contributed by atoms with Crippen LogP contribution in [0.1, 0.15) is 61.8 Å². The van der Waals surface area contributed by atoms with Crippen LogP contribution in [0.2, 0.25) is 13.1 Å². The fourth-order valence-corrected chi connectivity index (χ4v) is 3.83. The largest absolute Gasteiger partial charge is 1.00 e. The van der Waals surface area contributed by atoms with Crippen molar-refractivity contribution in [2.45, 2.75) is 66.5 Å². The van der Waals surface area contributed by atoms with Crippen molar-refractivity contribution >= 4 is 27.0 Å². The standard InChI is InChI=1S/2C13H15.C2H6Si.2ClH.Zr/c2*1-9(2)11-8-7-10(3)12-5-4-6-13(11)12;1-3-2;;;/h2*4-9H,1-3H3;1-2H3;2*1H;/q2*-1;;;;+2/p-2. The van der Waals surface area contributed by atoms with E-state index in [0.717, 1.165) is 0 Å². The summed E-state index contributed by atoms with van der Waals surface area (Å²) < 4.78 is 0. The summed E-state index contributed by atoms with van der Waals surface area (Å²) in [5.41, 5.74) is 5.90. The summed E-state index contributed by atoms with van der Waals surface area (Å²) in [6.45, 7) is 18.0. The van der Waals surface area contributed by atoms with Crippen molar-refractivity contribution in [1.29, 1.82) is 0 Å². The van der Waals surface area contributed by atoms with Crippen LogP contribution in [0.25, 0.3) is 21.5 Å². The predicted molar refractivity (Wildman–Crippen MR) is 134 cm³/mol. The number of rotatable bonds is 2. The predicted octanol–water partition coefficient (Wildman–Crippen LogP) is 2.77. The zero-order chi connectivity index (χ0) is 22.4. The van der Waals surface area contributed by atoms with Gasteiger partial charge in [-0.3, -0.25) is 0 Å². The van der Waals surface area contributed by atoms with Gasteiger partial charge in [-0.25, -0.2) is 0 Å². The number of hydrogen-bond donors (Lipinski definition) is 0. The third kappa shape index (κ3) is 8.28. The van der Waals surface area contributed by atoms with Crippen LogP contribution in [-0.2, 0) is 23.3 Å². The molecule has 0 aliphatic carbocycles. The van der Waals surface area contributed by atoms with E-state index in [1.54, 1.807) is 23.3 Å². The van der Waals surface area contributed by atoms with E-state index in [1.807, 2.05) is 0 Å². The second-order valence-corrected chi connectivity index (χ2v) is 18.3. The Kier molecular flexibility index (Phi) is 14.3. The van der Waals surface area contributed by atoms with E-state index in [-0.39, 0.29) is 30.2 Å². The van der Waals surface area contributed by atoms with Gasteiger partial charge in [0.05, 0.1) is 0 Å². The molecule has 0 aliphatic rings. The van der Waals surface area contributed by atoms with Gasteiger partial charge >= 0.3 is 41.9 Å². The van der Waals surface area contributed by atoms with Crippen LogP contribution < -0.4 is 24.8 Å². The molecule has 0 unspecified atom stereocenters. The monoisotopic (exact) mass is 560 g/mol. The first kappa shape index (κ1) is 31.3. The van der Waals surface area contributed by atoms with E-state index in [1.165, 1.54) is 43.8 Å². The van der Waals surface area contributed by atoms with Gasteiger partial charge in [-0.05, 0) is 11.8 Å². The van der Waals surface area contributed by atoms with Crippen LogP contribution in [0.15, 0.2) is 60.7 Å². The topological polar surface area (TPSA) is 0 Å². The van der Waals surface area contributed by atoms with E-state index in [0.29, 0.717) is 11.8 Å². The molecule has 4 heteroatoms.